The molecule has 0 aliphatic heterocycles. The molecular weight excluding hydrogens is 426 g/mol. The summed E-state index contributed by atoms with van der Waals surface area (Å²) in [5.74, 6) is 0.0340. The summed E-state index contributed by atoms with van der Waals surface area (Å²) in [7, 11) is 1.52. The Morgan fingerprint density at radius 3 is 2.76 bits per heavy atom. The summed E-state index contributed by atoms with van der Waals surface area (Å²) in [6, 6.07) is 2.04. The molecule has 4 fully saturated rings. The van der Waals surface area contributed by atoms with E-state index >= 15 is 0 Å². The lowest BCUT2D eigenvalue weighted by atomic mass is 9.52. The van der Waals surface area contributed by atoms with Crippen LogP contribution in [0.3, 0.4) is 0 Å². The first-order chi connectivity index (χ1) is 16.0. The zero-order chi connectivity index (χ0) is 22.7. The van der Waals surface area contributed by atoms with Crippen LogP contribution in [-0.4, -0.2) is 67.7 Å². The number of nitrogens with zero attached hydrogens (tertiary/aromatic N) is 4. The van der Waals surface area contributed by atoms with Crippen LogP contribution in [0.15, 0.2) is 12.3 Å². The predicted molar refractivity (Wildman–Crippen MR) is 118 cm³/mol. The van der Waals surface area contributed by atoms with E-state index in [0.29, 0.717) is 41.3 Å². The number of fused-ring (bicyclic) bond motifs is 3. The van der Waals surface area contributed by atoms with E-state index in [1.807, 2.05) is 6.07 Å². The molecule has 2 amide bonds. The molecule has 3 aromatic rings. The normalized spacial score (nSPS) is 30.2. The lowest BCUT2D eigenvalue weighted by Crippen LogP contribution is -2.55. The van der Waals surface area contributed by atoms with E-state index in [1.54, 1.807) is 6.20 Å². The number of carbonyl (C=O) groups is 2. The van der Waals surface area contributed by atoms with Crippen LogP contribution in [0.4, 0.5) is 5.82 Å². The second kappa shape index (κ2) is 7.49. The summed E-state index contributed by atoms with van der Waals surface area (Å²) in [6.45, 7) is 0.555. The molecule has 4 N–H and O–H groups in total. The number of H-pyrrole nitrogens is 1. The highest BCUT2D eigenvalue weighted by Gasteiger charge is 2.55. The number of hydrogen-bond donors (Lipinski definition) is 4. The van der Waals surface area contributed by atoms with Crippen molar-refractivity contribution in [3.63, 3.8) is 0 Å². The van der Waals surface area contributed by atoms with E-state index in [2.05, 4.69) is 35.6 Å². The minimum Gasteiger partial charge on any atom is -0.390 e. The van der Waals surface area contributed by atoms with E-state index in [0.717, 1.165) is 43.0 Å². The van der Waals surface area contributed by atoms with Crippen LogP contribution in [0.25, 0.3) is 22.1 Å². The van der Waals surface area contributed by atoms with Gasteiger partial charge in [-0.3, -0.25) is 19.4 Å². The molecule has 0 saturated heterocycles. The molecule has 11 nitrogen and oxygen atoms in total. The monoisotopic (exact) mass is 453 g/mol. The van der Waals surface area contributed by atoms with Gasteiger partial charge in [0.15, 0.2) is 17.0 Å². The number of nitrogens with one attached hydrogen (secondary N) is 3. The molecule has 0 unspecified atom stereocenters. The Kier molecular flexibility index (Phi) is 4.66. The first-order valence-corrected chi connectivity index (χ1v) is 11.5. The molecule has 4 aliphatic rings. The van der Waals surface area contributed by atoms with Gasteiger partial charge in [0, 0.05) is 19.9 Å². The fourth-order valence-corrected chi connectivity index (χ4v) is 6.71. The van der Waals surface area contributed by atoms with Gasteiger partial charge in [-0.1, -0.05) is 0 Å². The Balaban J connectivity index is 1.39. The van der Waals surface area contributed by atoms with Crippen molar-refractivity contribution < 1.29 is 19.4 Å². The summed E-state index contributed by atoms with van der Waals surface area (Å²) in [5.41, 5.74) is 1.29. The van der Waals surface area contributed by atoms with Gasteiger partial charge in [-0.05, 0) is 55.9 Å². The largest absolute Gasteiger partial charge is 0.390 e. The Hall–Kier alpha value is -3.05. The fraction of sp³-hybridized carbons (Fsp3) is 0.591. The van der Waals surface area contributed by atoms with Crippen molar-refractivity contribution in [2.24, 2.45) is 17.8 Å². The Bertz CT molecular complexity index is 1230. The van der Waals surface area contributed by atoms with E-state index in [1.165, 1.54) is 7.11 Å². The number of carbonyl (C=O) groups excluding carboxylic acids is 2. The third-order valence-electron chi connectivity index (χ3n) is 7.64. The van der Waals surface area contributed by atoms with E-state index in [-0.39, 0.29) is 12.6 Å². The van der Waals surface area contributed by atoms with Gasteiger partial charge in [0.05, 0.1) is 23.6 Å². The molecule has 33 heavy (non-hydrogen) atoms. The van der Waals surface area contributed by atoms with Crippen molar-refractivity contribution in [3.05, 3.63) is 12.3 Å². The third-order valence-corrected chi connectivity index (χ3v) is 7.64. The van der Waals surface area contributed by atoms with Crippen LogP contribution in [0.2, 0.25) is 0 Å². The predicted octanol–water partition coefficient (Wildman–Crippen LogP) is 1.12. The molecule has 4 aliphatic carbocycles. The average Bonchev–Trinajstić information content (AvgIpc) is 3.37. The van der Waals surface area contributed by atoms with Crippen LogP contribution in [-0.2, 0) is 14.3 Å². The van der Waals surface area contributed by atoms with Gasteiger partial charge in [0.2, 0.25) is 0 Å². The maximum Gasteiger partial charge on any atom is 0.314 e. The smallest absolute Gasteiger partial charge is 0.314 e. The number of hydrogen-bond acceptors (Lipinski definition) is 7. The highest BCUT2D eigenvalue weighted by molar-refractivity contribution is 6.40. The molecule has 0 aromatic carbocycles. The van der Waals surface area contributed by atoms with E-state index in [9.17, 15) is 14.7 Å². The number of amides is 2. The zero-order valence-corrected chi connectivity index (χ0v) is 18.4. The topological polar surface area (TPSA) is 147 Å². The molecule has 174 valence electrons. The number of aromatic nitrogens is 5. The number of ether oxygens (including phenoxy) is 1. The molecule has 2 atom stereocenters. The van der Waals surface area contributed by atoms with E-state index < -0.39 is 17.4 Å². The van der Waals surface area contributed by atoms with Gasteiger partial charge in [-0.25, -0.2) is 4.98 Å². The third kappa shape index (κ3) is 3.29. The standard InChI is InChI=1S/C22H27N7O4/c1-33-5-4-24-20(30)21(31)25-19-15-17(14-2-3-23-18(14)27-26-15)29(28-19)16-12-6-11-7-13(16)10-22(32,8-11)9-12/h2-3,11-13,16,28,32H,4-10H2,1H3,(H,24,30)(H,25,31)/t11?,12-,13-,16?,22?/m0/s1. The van der Waals surface area contributed by atoms with Crippen molar-refractivity contribution in [2.75, 3.05) is 25.6 Å². The number of aromatic amines is 1. The van der Waals surface area contributed by atoms with Gasteiger partial charge in [0.1, 0.15) is 5.52 Å². The van der Waals surface area contributed by atoms with Crippen LogP contribution in [0.5, 0.6) is 0 Å². The summed E-state index contributed by atoms with van der Waals surface area (Å²) in [5, 5.41) is 28.9. The van der Waals surface area contributed by atoms with Crippen LogP contribution in [0.1, 0.15) is 38.1 Å². The quantitative estimate of drug-likeness (QED) is 0.334. The Morgan fingerprint density at radius 1 is 1.24 bits per heavy atom. The first kappa shape index (κ1) is 20.5. The minimum absolute atomic E-state index is 0.146. The maximum atomic E-state index is 12.5. The molecule has 3 aromatic heterocycles. The van der Waals surface area contributed by atoms with Crippen LogP contribution in [0, 0.1) is 17.8 Å². The lowest BCUT2D eigenvalue weighted by molar-refractivity contribution is -0.148. The molecule has 0 spiro atoms. The second-order valence-corrected chi connectivity index (χ2v) is 9.82. The maximum absolute atomic E-state index is 12.5. The molecule has 4 bridgehead atoms. The SMILES string of the molecule is COCCNC(=O)C(=O)Nc1[nH]n(C2[C@H]3CC4C[C@H]2CC(O)(C4)C3)c2c1nnc1nccc12. The summed E-state index contributed by atoms with van der Waals surface area (Å²) in [4.78, 5) is 29.0. The number of rotatable bonds is 5. The van der Waals surface area contributed by atoms with Crippen molar-refractivity contribution in [3.8, 4) is 0 Å². The lowest BCUT2D eigenvalue weighted by Gasteiger charge is -2.58. The van der Waals surface area contributed by atoms with Crippen molar-refractivity contribution in [2.45, 2.75) is 43.7 Å². The van der Waals surface area contributed by atoms with Crippen LogP contribution < -0.4 is 10.6 Å². The van der Waals surface area contributed by atoms with Gasteiger partial charge >= 0.3 is 11.8 Å². The molecular formula is C22H27N7O4. The van der Waals surface area contributed by atoms with Crippen molar-refractivity contribution in [1.82, 2.24) is 30.3 Å². The first-order valence-electron chi connectivity index (χ1n) is 11.5. The highest BCUT2D eigenvalue weighted by atomic mass is 16.5. The molecule has 0 radical (unpaired) electrons. The zero-order valence-electron chi connectivity index (χ0n) is 18.4. The average molecular weight is 454 g/mol. The van der Waals surface area contributed by atoms with Crippen molar-refractivity contribution in [1.29, 1.82) is 0 Å². The molecule has 7 rings (SSSR count). The number of aliphatic hydroxyl groups is 1. The summed E-state index contributed by atoms with van der Waals surface area (Å²) in [6.07, 6.45) is 6.33. The Morgan fingerprint density at radius 2 is 2.03 bits per heavy atom. The van der Waals surface area contributed by atoms with E-state index in [4.69, 9.17) is 4.74 Å². The number of anilines is 1. The van der Waals surface area contributed by atoms with Gasteiger partial charge in [-0.15, -0.1) is 10.2 Å². The summed E-state index contributed by atoms with van der Waals surface area (Å²) < 4.78 is 6.99. The second-order valence-electron chi connectivity index (χ2n) is 9.82. The van der Waals surface area contributed by atoms with Crippen LogP contribution >= 0.6 is 0 Å². The highest BCUT2D eigenvalue weighted by Crippen LogP contribution is 2.60. The number of methoxy groups -OCH3 is 1. The fourth-order valence-electron chi connectivity index (χ4n) is 6.71. The molecule has 4 saturated carbocycles. The Labute approximate surface area is 189 Å². The van der Waals surface area contributed by atoms with Gasteiger partial charge in [0.25, 0.3) is 0 Å². The van der Waals surface area contributed by atoms with Gasteiger partial charge < -0.3 is 20.5 Å². The summed E-state index contributed by atoms with van der Waals surface area (Å²) >= 11 is 0. The molecule has 3 heterocycles. The minimum atomic E-state index is -0.789. The van der Waals surface area contributed by atoms with Crippen molar-refractivity contribution >= 4 is 39.7 Å². The van der Waals surface area contributed by atoms with Gasteiger partial charge in [-0.2, -0.15) is 0 Å². The molecule has 11 heteroatoms.